The van der Waals surface area contributed by atoms with Crippen LogP contribution in [0.2, 0.25) is 0 Å². The Balaban J connectivity index is 2.21. The number of aromatic amines is 1. The molecule has 8 heteroatoms. The van der Waals surface area contributed by atoms with Gasteiger partial charge in [0.2, 0.25) is 10.6 Å². The second-order valence-corrected chi connectivity index (χ2v) is 4.72. The minimum atomic E-state index is -1.06. The van der Waals surface area contributed by atoms with Gasteiger partial charge in [-0.15, -0.1) is 5.10 Å². The molecule has 2 rings (SSSR count). The molecule has 0 saturated carbocycles. The van der Waals surface area contributed by atoms with Crippen LogP contribution in [0.25, 0.3) is 0 Å². The highest BCUT2D eigenvalue weighted by atomic mass is 79.9. The summed E-state index contributed by atoms with van der Waals surface area (Å²) in [6.07, 6.45) is 0.158. The molecule has 1 atom stereocenters. The molecule has 0 fully saturated rings. The zero-order valence-corrected chi connectivity index (χ0v) is 11.9. The molecular weight excluding hydrogens is 336 g/mol. The maximum absolute atomic E-state index is 13.6. The van der Waals surface area contributed by atoms with Crippen molar-refractivity contribution in [2.75, 3.05) is 6.61 Å². The number of nitrogens with zero attached hydrogens (tertiary/aromatic N) is 2. The Kier molecular flexibility index (Phi) is 5.02. The van der Waals surface area contributed by atoms with Crippen molar-refractivity contribution in [3.8, 4) is 5.75 Å². The Morgan fingerprint density at radius 2 is 2.20 bits per heavy atom. The Morgan fingerprint density at radius 1 is 1.40 bits per heavy atom. The van der Waals surface area contributed by atoms with Gasteiger partial charge in [0.1, 0.15) is 0 Å². The quantitative estimate of drug-likeness (QED) is 0.842. The van der Waals surface area contributed by atoms with E-state index in [0.29, 0.717) is 23.4 Å². The van der Waals surface area contributed by atoms with Crippen LogP contribution in [0.1, 0.15) is 24.8 Å². The number of halogens is 3. The predicted molar refractivity (Wildman–Crippen MR) is 70.1 cm³/mol. The van der Waals surface area contributed by atoms with Crippen LogP contribution in [-0.2, 0) is 0 Å². The third-order valence-electron chi connectivity index (χ3n) is 2.59. The average Bonchev–Trinajstić information content (AvgIpc) is 2.86. The van der Waals surface area contributed by atoms with Crippen molar-refractivity contribution >= 4 is 15.9 Å². The molecule has 0 spiro atoms. The molecule has 1 aromatic heterocycles. The highest BCUT2D eigenvalue weighted by molar-refractivity contribution is 9.10. The molecule has 0 amide bonds. The van der Waals surface area contributed by atoms with Gasteiger partial charge in [-0.2, -0.15) is 4.39 Å². The van der Waals surface area contributed by atoms with Gasteiger partial charge < -0.3 is 9.84 Å². The van der Waals surface area contributed by atoms with E-state index in [1.165, 1.54) is 12.1 Å². The topological polar surface area (TPSA) is 71.0 Å². The van der Waals surface area contributed by atoms with Gasteiger partial charge in [-0.25, -0.2) is 9.37 Å². The van der Waals surface area contributed by atoms with Gasteiger partial charge in [0, 0.05) is 6.61 Å². The van der Waals surface area contributed by atoms with E-state index in [-0.39, 0.29) is 12.4 Å². The van der Waals surface area contributed by atoms with Crippen molar-refractivity contribution < 1.29 is 18.6 Å². The zero-order chi connectivity index (χ0) is 14.5. The van der Waals surface area contributed by atoms with Gasteiger partial charge in [0.05, 0.1) is 0 Å². The number of aliphatic hydroxyl groups excluding tert-OH is 1. The van der Waals surface area contributed by atoms with Gasteiger partial charge in [-0.1, -0.05) is 6.07 Å². The van der Waals surface area contributed by atoms with E-state index in [2.05, 4.69) is 31.1 Å². The molecule has 2 N–H and O–H groups in total. The largest absolute Gasteiger partial charge is 0.479 e. The molecule has 0 aliphatic heterocycles. The highest BCUT2D eigenvalue weighted by Crippen LogP contribution is 2.27. The lowest BCUT2D eigenvalue weighted by molar-refractivity contribution is 0.159. The van der Waals surface area contributed by atoms with Crippen LogP contribution in [0.4, 0.5) is 8.78 Å². The number of ether oxygens (including phenoxy) is 1. The predicted octanol–water partition coefficient (Wildman–Crippen LogP) is 2.74. The van der Waals surface area contributed by atoms with Gasteiger partial charge in [-0.05, 0) is 40.9 Å². The van der Waals surface area contributed by atoms with Crippen LogP contribution < -0.4 is 4.74 Å². The number of benzene rings is 1. The molecule has 1 aromatic carbocycles. The van der Waals surface area contributed by atoms with Crippen molar-refractivity contribution in [3.63, 3.8) is 0 Å². The van der Waals surface area contributed by atoms with Crippen LogP contribution in [0, 0.1) is 11.6 Å². The summed E-state index contributed by atoms with van der Waals surface area (Å²) in [7, 11) is 0. The Morgan fingerprint density at radius 3 is 2.85 bits per heavy atom. The van der Waals surface area contributed by atoms with E-state index in [0.717, 1.165) is 6.07 Å². The first-order valence-corrected chi connectivity index (χ1v) is 6.70. The Bertz CT molecular complexity index is 580. The van der Waals surface area contributed by atoms with E-state index >= 15 is 0 Å². The van der Waals surface area contributed by atoms with Crippen LogP contribution in [-0.4, -0.2) is 26.9 Å². The van der Waals surface area contributed by atoms with Crippen LogP contribution >= 0.6 is 15.9 Å². The van der Waals surface area contributed by atoms with Crippen molar-refractivity contribution in [2.45, 2.75) is 18.9 Å². The maximum atomic E-state index is 13.6. The van der Waals surface area contributed by atoms with E-state index in [1.807, 2.05) is 0 Å². The SMILES string of the molecule is OCCCC(Oc1cccc(F)c1F)c1nc(Br)n[nH]1. The molecule has 0 radical (unpaired) electrons. The second kappa shape index (κ2) is 6.76. The molecule has 20 heavy (non-hydrogen) atoms. The van der Waals surface area contributed by atoms with Gasteiger partial charge >= 0.3 is 0 Å². The summed E-state index contributed by atoms with van der Waals surface area (Å²) in [5.41, 5.74) is 0. The number of nitrogens with one attached hydrogen (secondary N) is 1. The first-order valence-electron chi connectivity index (χ1n) is 5.91. The maximum Gasteiger partial charge on any atom is 0.217 e. The normalized spacial score (nSPS) is 12.4. The van der Waals surface area contributed by atoms with Gasteiger partial charge in [-0.3, -0.25) is 5.10 Å². The van der Waals surface area contributed by atoms with E-state index in [9.17, 15) is 8.78 Å². The van der Waals surface area contributed by atoms with E-state index in [1.54, 1.807) is 0 Å². The fourth-order valence-corrected chi connectivity index (χ4v) is 1.93. The first kappa shape index (κ1) is 14.9. The number of aromatic nitrogens is 3. The summed E-state index contributed by atoms with van der Waals surface area (Å²) in [4.78, 5) is 4.04. The molecule has 2 aromatic rings. The summed E-state index contributed by atoms with van der Waals surface area (Å²) >= 11 is 3.09. The second-order valence-electron chi connectivity index (χ2n) is 4.01. The minimum absolute atomic E-state index is 0.0409. The standard InChI is InChI=1S/C12H12BrF2N3O2/c13-12-16-11(17-18-12)9(5-2-6-19)20-8-4-1-3-7(14)10(8)15/h1,3-4,9,19H,2,5-6H2,(H,16,17,18). The highest BCUT2D eigenvalue weighted by Gasteiger charge is 2.20. The first-order chi connectivity index (χ1) is 9.61. The molecule has 1 unspecified atom stereocenters. The van der Waals surface area contributed by atoms with Crippen molar-refractivity contribution in [2.24, 2.45) is 0 Å². The summed E-state index contributed by atoms with van der Waals surface area (Å²) in [5, 5.41) is 15.3. The zero-order valence-electron chi connectivity index (χ0n) is 10.3. The van der Waals surface area contributed by atoms with Crippen LogP contribution in [0.3, 0.4) is 0 Å². The van der Waals surface area contributed by atoms with Crippen LogP contribution in [0.15, 0.2) is 22.9 Å². The molecule has 5 nitrogen and oxygen atoms in total. The van der Waals surface area contributed by atoms with E-state index < -0.39 is 17.7 Å². The number of rotatable bonds is 6. The summed E-state index contributed by atoms with van der Waals surface area (Å²) < 4.78 is 32.5. The van der Waals surface area contributed by atoms with Gasteiger partial charge in [0.15, 0.2) is 23.5 Å². The third kappa shape index (κ3) is 3.51. The molecule has 0 saturated heterocycles. The molecule has 0 aliphatic carbocycles. The molecule has 1 heterocycles. The fourth-order valence-electron chi connectivity index (χ4n) is 1.65. The molecule has 0 aliphatic rings. The number of hydrogen-bond donors (Lipinski definition) is 2. The minimum Gasteiger partial charge on any atom is -0.479 e. The Hall–Kier alpha value is -1.54. The molecule has 0 bridgehead atoms. The van der Waals surface area contributed by atoms with Crippen molar-refractivity contribution in [1.82, 2.24) is 15.2 Å². The van der Waals surface area contributed by atoms with Gasteiger partial charge in [0.25, 0.3) is 0 Å². The summed E-state index contributed by atoms with van der Waals surface area (Å²) in [5.74, 6) is -1.88. The van der Waals surface area contributed by atoms with Crippen molar-refractivity contribution in [1.29, 1.82) is 0 Å². The smallest absolute Gasteiger partial charge is 0.217 e. The third-order valence-corrected chi connectivity index (χ3v) is 2.94. The lowest BCUT2D eigenvalue weighted by Gasteiger charge is -2.17. The summed E-state index contributed by atoms with van der Waals surface area (Å²) in [6, 6.07) is 3.69. The summed E-state index contributed by atoms with van der Waals surface area (Å²) in [6.45, 7) is -0.0409. The molecule has 108 valence electrons. The monoisotopic (exact) mass is 347 g/mol. The number of hydrogen-bond acceptors (Lipinski definition) is 4. The molecular formula is C12H12BrF2N3O2. The number of aliphatic hydroxyl groups is 1. The lowest BCUT2D eigenvalue weighted by atomic mass is 10.2. The lowest BCUT2D eigenvalue weighted by Crippen LogP contribution is -2.11. The van der Waals surface area contributed by atoms with Crippen LogP contribution in [0.5, 0.6) is 5.75 Å². The number of H-pyrrole nitrogens is 1. The average molecular weight is 348 g/mol. The van der Waals surface area contributed by atoms with Crippen molar-refractivity contribution in [3.05, 3.63) is 40.4 Å². The van der Waals surface area contributed by atoms with E-state index in [4.69, 9.17) is 9.84 Å². The fraction of sp³-hybridized carbons (Fsp3) is 0.333. The Labute approximate surface area is 122 Å².